The molecule has 11 rings (SSSR count). The van der Waals surface area contributed by atoms with Crippen LogP contribution in [0.5, 0.6) is 0 Å². The number of benzene rings is 9. The van der Waals surface area contributed by atoms with Gasteiger partial charge >= 0.3 is 0 Å². The molecule has 258 valence electrons. The minimum Gasteiger partial charge on any atom is -0.456 e. The lowest BCUT2D eigenvalue weighted by atomic mass is 9.92. The summed E-state index contributed by atoms with van der Waals surface area (Å²) < 4.78 is 8.77. The van der Waals surface area contributed by atoms with E-state index in [1.165, 1.54) is 58.8 Å². The van der Waals surface area contributed by atoms with Crippen LogP contribution in [0.25, 0.3) is 86.3 Å². The van der Waals surface area contributed by atoms with Gasteiger partial charge in [0, 0.05) is 37.6 Å². The van der Waals surface area contributed by atoms with Crippen LogP contribution in [0.15, 0.2) is 205 Å². The Morgan fingerprint density at radius 3 is 1.91 bits per heavy atom. The first-order valence-corrected chi connectivity index (χ1v) is 19.5. The molecule has 0 spiro atoms. The number of nitrogens with zero attached hydrogens (tertiary/aromatic N) is 1. The molecule has 0 bridgehead atoms. The summed E-state index contributed by atoms with van der Waals surface area (Å²) in [7, 11) is 0. The van der Waals surface area contributed by atoms with E-state index in [-0.39, 0.29) is 0 Å². The van der Waals surface area contributed by atoms with Crippen molar-refractivity contribution in [1.29, 1.82) is 0 Å². The zero-order valence-corrected chi connectivity index (χ0v) is 30.6. The molecule has 2 aromatic heterocycles. The maximum absolute atomic E-state index is 6.22. The van der Waals surface area contributed by atoms with E-state index in [9.17, 15) is 0 Å². The van der Waals surface area contributed by atoms with Gasteiger partial charge in [0.2, 0.25) is 0 Å². The molecule has 55 heavy (non-hydrogen) atoms. The summed E-state index contributed by atoms with van der Waals surface area (Å²) in [6.45, 7) is 0. The molecule has 2 heterocycles. The molecular formula is C52H33NOS. The van der Waals surface area contributed by atoms with Crippen molar-refractivity contribution in [3.8, 4) is 33.4 Å². The van der Waals surface area contributed by atoms with Crippen molar-refractivity contribution in [2.45, 2.75) is 0 Å². The standard InChI is InChI=1S/C52H33NOS/c1-2-12-35(13-3-1)46-33-39(29-30-42(46)37-26-31-50-47(32-37)43-17-6-8-22-49(43)54-50)53(48-21-11-20-45-44-18-7-9-23-51(44)55-52(45)48)38-27-24-36(25-28-38)41-19-10-15-34-14-4-5-16-40(34)41/h1-33H. The van der Waals surface area contributed by atoms with E-state index < -0.39 is 0 Å². The summed E-state index contributed by atoms with van der Waals surface area (Å²) in [6.07, 6.45) is 0. The highest BCUT2D eigenvalue weighted by Gasteiger charge is 2.21. The second kappa shape index (κ2) is 12.9. The molecule has 0 aliphatic heterocycles. The Balaban J connectivity index is 1.12. The van der Waals surface area contributed by atoms with Crippen molar-refractivity contribution in [3.05, 3.63) is 200 Å². The lowest BCUT2D eigenvalue weighted by molar-refractivity contribution is 0.669. The Morgan fingerprint density at radius 1 is 0.364 bits per heavy atom. The van der Waals surface area contributed by atoms with Crippen molar-refractivity contribution in [2.75, 3.05) is 4.90 Å². The highest BCUT2D eigenvalue weighted by atomic mass is 32.1. The Kier molecular flexibility index (Phi) is 7.39. The largest absolute Gasteiger partial charge is 0.456 e. The molecule has 0 amide bonds. The topological polar surface area (TPSA) is 16.4 Å². The van der Waals surface area contributed by atoms with E-state index in [1.807, 2.05) is 23.5 Å². The van der Waals surface area contributed by atoms with Gasteiger partial charge in [-0.15, -0.1) is 11.3 Å². The first-order valence-electron chi connectivity index (χ1n) is 18.7. The average Bonchev–Trinajstić information content (AvgIpc) is 3.83. The number of para-hydroxylation sites is 1. The van der Waals surface area contributed by atoms with Crippen LogP contribution < -0.4 is 4.90 Å². The molecule has 0 aliphatic rings. The number of hydrogen-bond acceptors (Lipinski definition) is 3. The first kappa shape index (κ1) is 31.6. The van der Waals surface area contributed by atoms with Gasteiger partial charge in [0.05, 0.1) is 10.4 Å². The predicted octanol–water partition coefficient (Wildman–Crippen LogP) is 15.6. The van der Waals surface area contributed by atoms with Gasteiger partial charge in [0.25, 0.3) is 0 Å². The van der Waals surface area contributed by atoms with Gasteiger partial charge in [-0.3, -0.25) is 0 Å². The summed E-state index contributed by atoms with van der Waals surface area (Å²) in [5.41, 5.74) is 12.3. The third kappa shape index (κ3) is 5.32. The van der Waals surface area contributed by atoms with E-state index in [2.05, 4.69) is 193 Å². The maximum atomic E-state index is 6.22. The monoisotopic (exact) mass is 719 g/mol. The zero-order chi connectivity index (χ0) is 36.3. The van der Waals surface area contributed by atoms with Gasteiger partial charge in [-0.2, -0.15) is 0 Å². The van der Waals surface area contributed by atoms with Crippen molar-refractivity contribution in [2.24, 2.45) is 0 Å². The molecule has 0 aliphatic carbocycles. The third-order valence-corrected chi connectivity index (χ3v) is 12.1. The fraction of sp³-hybridized carbons (Fsp3) is 0. The molecule has 0 saturated heterocycles. The lowest BCUT2D eigenvalue weighted by Crippen LogP contribution is -2.10. The SMILES string of the molecule is c1ccc(-c2cc(N(c3ccc(-c4cccc5ccccc45)cc3)c3cccc4c3sc3ccccc34)ccc2-c2ccc3oc4ccccc4c3c2)cc1. The van der Waals surface area contributed by atoms with Crippen molar-refractivity contribution in [3.63, 3.8) is 0 Å². The Bertz CT molecular complexity index is 3200. The summed E-state index contributed by atoms with van der Waals surface area (Å²) >= 11 is 1.86. The molecule has 0 saturated carbocycles. The van der Waals surface area contributed by atoms with Crippen molar-refractivity contribution >= 4 is 81.3 Å². The minimum atomic E-state index is 0.900. The number of hydrogen-bond donors (Lipinski definition) is 0. The lowest BCUT2D eigenvalue weighted by Gasteiger charge is -2.27. The normalized spacial score (nSPS) is 11.6. The van der Waals surface area contributed by atoms with Gasteiger partial charge in [0.1, 0.15) is 11.2 Å². The number of rotatable bonds is 6. The molecular weight excluding hydrogens is 687 g/mol. The van der Waals surface area contributed by atoms with Crippen LogP contribution in [0.1, 0.15) is 0 Å². The first-order chi connectivity index (χ1) is 27.3. The molecule has 0 atom stereocenters. The molecule has 0 fully saturated rings. The van der Waals surface area contributed by atoms with Crippen LogP contribution in [0.4, 0.5) is 17.1 Å². The Morgan fingerprint density at radius 2 is 1.02 bits per heavy atom. The van der Waals surface area contributed by atoms with E-state index in [4.69, 9.17) is 4.42 Å². The fourth-order valence-electron chi connectivity index (χ4n) is 8.28. The van der Waals surface area contributed by atoms with Crippen LogP contribution in [0, 0.1) is 0 Å². The molecule has 0 radical (unpaired) electrons. The van der Waals surface area contributed by atoms with Crippen LogP contribution in [0.3, 0.4) is 0 Å². The van der Waals surface area contributed by atoms with E-state index >= 15 is 0 Å². The van der Waals surface area contributed by atoms with Crippen LogP contribution >= 0.6 is 11.3 Å². The van der Waals surface area contributed by atoms with Crippen molar-refractivity contribution in [1.82, 2.24) is 0 Å². The smallest absolute Gasteiger partial charge is 0.135 e. The average molecular weight is 720 g/mol. The fourth-order valence-corrected chi connectivity index (χ4v) is 9.48. The molecule has 9 aromatic carbocycles. The third-order valence-electron chi connectivity index (χ3n) is 10.9. The molecule has 11 aromatic rings. The summed E-state index contributed by atoms with van der Waals surface area (Å²) in [4.78, 5) is 2.44. The summed E-state index contributed by atoms with van der Waals surface area (Å²) in [5.74, 6) is 0. The molecule has 0 N–H and O–H groups in total. The van der Waals surface area contributed by atoms with Gasteiger partial charge in [-0.25, -0.2) is 0 Å². The minimum absolute atomic E-state index is 0.900. The maximum Gasteiger partial charge on any atom is 0.135 e. The van der Waals surface area contributed by atoms with E-state index in [0.717, 1.165) is 44.6 Å². The number of fused-ring (bicyclic) bond motifs is 7. The predicted molar refractivity (Wildman–Crippen MR) is 235 cm³/mol. The van der Waals surface area contributed by atoms with Crippen molar-refractivity contribution < 1.29 is 4.42 Å². The molecule has 3 heteroatoms. The Labute approximate surface area is 322 Å². The van der Waals surface area contributed by atoms with Gasteiger partial charge in [0.15, 0.2) is 0 Å². The number of thiophene rings is 1. The number of anilines is 3. The van der Waals surface area contributed by atoms with Crippen LogP contribution in [-0.2, 0) is 0 Å². The summed E-state index contributed by atoms with van der Waals surface area (Å²) in [5, 5.41) is 7.33. The second-order valence-electron chi connectivity index (χ2n) is 14.1. The zero-order valence-electron chi connectivity index (χ0n) is 29.8. The van der Waals surface area contributed by atoms with E-state index in [0.29, 0.717) is 0 Å². The number of furan rings is 1. The van der Waals surface area contributed by atoms with Crippen LogP contribution in [0.2, 0.25) is 0 Å². The van der Waals surface area contributed by atoms with Gasteiger partial charge in [-0.05, 0) is 98.8 Å². The second-order valence-corrected chi connectivity index (χ2v) is 15.1. The Hall–Kier alpha value is -6.94. The van der Waals surface area contributed by atoms with E-state index in [1.54, 1.807) is 0 Å². The quantitative estimate of drug-likeness (QED) is 0.170. The highest BCUT2D eigenvalue weighted by Crippen LogP contribution is 2.47. The van der Waals surface area contributed by atoms with Gasteiger partial charge in [-0.1, -0.05) is 146 Å². The summed E-state index contributed by atoms with van der Waals surface area (Å²) in [6, 6.07) is 72.3. The van der Waals surface area contributed by atoms with Gasteiger partial charge < -0.3 is 9.32 Å². The molecule has 2 nitrogen and oxygen atoms in total. The van der Waals surface area contributed by atoms with Crippen LogP contribution in [-0.4, -0.2) is 0 Å². The highest BCUT2D eigenvalue weighted by molar-refractivity contribution is 7.26. The molecule has 0 unspecified atom stereocenters.